The zero-order chi connectivity index (χ0) is 15.5. The van der Waals surface area contributed by atoms with E-state index in [-0.39, 0.29) is 6.04 Å². The van der Waals surface area contributed by atoms with Crippen LogP contribution in [0.15, 0.2) is 24.7 Å². The van der Waals surface area contributed by atoms with Crippen LogP contribution in [0, 0.1) is 6.92 Å². The standard InChI is InChI=1S/C14H17N5O2S/c1-10-8-15-14(22-10)17-12(20)13(21)18-6-2-4-11(9-18)19-7-3-5-16-19/h3,5,7-8,11H,2,4,6,9H2,1H3,(H,15,17,20)/t11-/m1/s1. The van der Waals surface area contributed by atoms with Crippen molar-refractivity contribution in [3.8, 4) is 0 Å². The van der Waals surface area contributed by atoms with E-state index in [1.807, 2.05) is 23.9 Å². The maximum atomic E-state index is 12.3. The molecule has 0 spiro atoms. The highest BCUT2D eigenvalue weighted by Crippen LogP contribution is 2.21. The largest absolute Gasteiger partial charge is 0.332 e. The number of nitrogens with zero attached hydrogens (tertiary/aromatic N) is 4. The van der Waals surface area contributed by atoms with Crippen LogP contribution < -0.4 is 5.32 Å². The summed E-state index contributed by atoms with van der Waals surface area (Å²) in [6, 6.07) is 1.99. The highest BCUT2D eigenvalue weighted by molar-refractivity contribution is 7.15. The molecular weight excluding hydrogens is 302 g/mol. The molecule has 22 heavy (non-hydrogen) atoms. The molecule has 2 aromatic rings. The van der Waals surface area contributed by atoms with Gasteiger partial charge in [0.2, 0.25) is 0 Å². The number of hydrogen-bond donors (Lipinski definition) is 1. The maximum absolute atomic E-state index is 12.3. The van der Waals surface area contributed by atoms with E-state index in [0.29, 0.717) is 18.2 Å². The van der Waals surface area contributed by atoms with Crippen LogP contribution in [0.4, 0.5) is 5.13 Å². The number of thiazole rings is 1. The quantitative estimate of drug-likeness (QED) is 0.850. The smallest absolute Gasteiger partial charge is 0.315 e. The molecule has 1 aliphatic rings. The molecule has 0 saturated carbocycles. The molecule has 1 aliphatic heterocycles. The van der Waals surface area contributed by atoms with Crippen LogP contribution in [-0.2, 0) is 9.59 Å². The Morgan fingerprint density at radius 2 is 2.32 bits per heavy atom. The maximum Gasteiger partial charge on any atom is 0.315 e. The number of aryl methyl sites for hydroxylation is 1. The van der Waals surface area contributed by atoms with E-state index in [0.717, 1.165) is 17.7 Å². The van der Waals surface area contributed by atoms with Gasteiger partial charge in [-0.1, -0.05) is 0 Å². The summed E-state index contributed by atoms with van der Waals surface area (Å²) in [5.41, 5.74) is 0. The van der Waals surface area contributed by atoms with Crippen LogP contribution >= 0.6 is 11.3 Å². The van der Waals surface area contributed by atoms with Gasteiger partial charge in [-0.2, -0.15) is 5.10 Å². The Bertz CT molecular complexity index is 667. The average Bonchev–Trinajstić information content (AvgIpc) is 3.18. The van der Waals surface area contributed by atoms with Crippen LogP contribution in [0.5, 0.6) is 0 Å². The second kappa shape index (κ2) is 6.27. The molecule has 3 rings (SSSR count). The monoisotopic (exact) mass is 319 g/mol. The lowest BCUT2D eigenvalue weighted by atomic mass is 10.1. The lowest BCUT2D eigenvalue weighted by Gasteiger charge is -2.32. The molecule has 1 atom stereocenters. The van der Waals surface area contributed by atoms with Gasteiger partial charge >= 0.3 is 11.8 Å². The van der Waals surface area contributed by atoms with Crippen LogP contribution in [-0.4, -0.2) is 44.6 Å². The van der Waals surface area contributed by atoms with Crippen molar-refractivity contribution in [1.82, 2.24) is 19.7 Å². The lowest BCUT2D eigenvalue weighted by molar-refractivity contribution is -0.144. The second-order valence-electron chi connectivity index (χ2n) is 5.26. The lowest BCUT2D eigenvalue weighted by Crippen LogP contribution is -2.45. The highest BCUT2D eigenvalue weighted by Gasteiger charge is 2.29. The number of piperidine rings is 1. The van der Waals surface area contributed by atoms with E-state index in [4.69, 9.17) is 0 Å². The van der Waals surface area contributed by atoms with Crippen molar-refractivity contribution in [2.24, 2.45) is 0 Å². The van der Waals surface area contributed by atoms with Gasteiger partial charge in [0.1, 0.15) is 0 Å². The van der Waals surface area contributed by atoms with Crippen molar-refractivity contribution in [3.05, 3.63) is 29.5 Å². The number of amides is 2. The Balaban J connectivity index is 1.62. The predicted octanol–water partition coefficient (Wildman–Crippen LogP) is 1.45. The normalized spacial score (nSPS) is 18.2. The van der Waals surface area contributed by atoms with Crippen molar-refractivity contribution >= 4 is 28.3 Å². The second-order valence-corrected chi connectivity index (χ2v) is 6.50. The molecule has 1 saturated heterocycles. The third kappa shape index (κ3) is 3.16. The van der Waals surface area contributed by atoms with Crippen molar-refractivity contribution < 1.29 is 9.59 Å². The minimum absolute atomic E-state index is 0.127. The molecule has 2 aromatic heterocycles. The predicted molar refractivity (Wildman–Crippen MR) is 82.6 cm³/mol. The van der Waals surface area contributed by atoms with Crippen LogP contribution in [0.3, 0.4) is 0 Å². The molecule has 8 heteroatoms. The minimum Gasteiger partial charge on any atom is -0.332 e. The van der Waals surface area contributed by atoms with Gasteiger partial charge in [0.25, 0.3) is 0 Å². The molecule has 116 valence electrons. The summed E-state index contributed by atoms with van der Waals surface area (Å²) >= 11 is 1.35. The summed E-state index contributed by atoms with van der Waals surface area (Å²) in [6.07, 6.45) is 7.09. The number of rotatable bonds is 2. The number of aromatic nitrogens is 3. The fraction of sp³-hybridized carbons (Fsp3) is 0.429. The van der Waals surface area contributed by atoms with Gasteiger partial charge < -0.3 is 4.90 Å². The summed E-state index contributed by atoms with van der Waals surface area (Å²) in [7, 11) is 0. The van der Waals surface area contributed by atoms with Gasteiger partial charge in [-0.25, -0.2) is 4.98 Å². The van der Waals surface area contributed by atoms with Gasteiger partial charge in [0.15, 0.2) is 5.13 Å². The first-order valence-electron chi connectivity index (χ1n) is 7.15. The van der Waals surface area contributed by atoms with E-state index in [2.05, 4.69) is 15.4 Å². The van der Waals surface area contributed by atoms with Gasteiger partial charge in [-0.3, -0.25) is 19.6 Å². The first kappa shape index (κ1) is 14.7. The van der Waals surface area contributed by atoms with E-state index < -0.39 is 11.8 Å². The van der Waals surface area contributed by atoms with E-state index in [9.17, 15) is 9.59 Å². The molecule has 2 amide bonds. The highest BCUT2D eigenvalue weighted by atomic mass is 32.1. The molecule has 0 unspecified atom stereocenters. The van der Waals surface area contributed by atoms with Gasteiger partial charge in [0.05, 0.1) is 6.04 Å². The summed E-state index contributed by atoms with van der Waals surface area (Å²) in [5.74, 6) is -1.14. The summed E-state index contributed by atoms with van der Waals surface area (Å²) < 4.78 is 1.85. The Morgan fingerprint density at radius 3 is 3.00 bits per heavy atom. The van der Waals surface area contributed by atoms with Crippen molar-refractivity contribution in [3.63, 3.8) is 0 Å². The topological polar surface area (TPSA) is 80.1 Å². The first-order valence-corrected chi connectivity index (χ1v) is 7.97. The molecular formula is C14H17N5O2S. The third-order valence-electron chi connectivity index (χ3n) is 3.62. The molecule has 0 aliphatic carbocycles. The Morgan fingerprint density at radius 1 is 1.45 bits per heavy atom. The van der Waals surface area contributed by atoms with Crippen molar-refractivity contribution in [2.75, 3.05) is 18.4 Å². The third-order valence-corrected chi connectivity index (χ3v) is 4.45. The zero-order valence-corrected chi connectivity index (χ0v) is 13.0. The van der Waals surface area contributed by atoms with Crippen LogP contribution in [0.1, 0.15) is 23.8 Å². The Labute approximate surface area is 132 Å². The number of likely N-dealkylation sites (tertiary alicyclic amines) is 1. The molecule has 0 bridgehead atoms. The number of carbonyl (C=O) groups is 2. The van der Waals surface area contributed by atoms with Crippen molar-refractivity contribution in [1.29, 1.82) is 0 Å². The van der Waals surface area contributed by atoms with Gasteiger partial charge in [0, 0.05) is 36.6 Å². The minimum atomic E-state index is -0.629. The number of carbonyl (C=O) groups excluding carboxylic acids is 2. The summed E-state index contributed by atoms with van der Waals surface area (Å²) in [6.45, 7) is 3.00. The number of hydrogen-bond acceptors (Lipinski definition) is 5. The molecule has 0 radical (unpaired) electrons. The molecule has 0 aromatic carbocycles. The van der Waals surface area contributed by atoms with E-state index in [1.54, 1.807) is 17.3 Å². The fourth-order valence-corrected chi connectivity index (χ4v) is 3.22. The first-order chi connectivity index (χ1) is 10.6. The summed E-state index contributed by atoms with van der Waals surface area (Å²) in [5, 5.41) is 7.24. The number of anilines is 1. The molecule has 3 heterocycles. The average molecular weight is 319 g/mol. The van der Waals surface area contributed by atoms with E-state index in [1.165, 1.54) is 11.3 Å². The van der Waals surface area contributed by atoms with Crippen LogP contribution in [0.2, 0.25) is 0 Å². The van der Waals surface area contributed by atoms with Crippen LogP contribution in [0.25, 0.3) is 0 Å². The number of nitrogens with one attached hydrogen (secondary N) is 1. The molecule has 1 fully saturated rings. The SMILES string of the molecule is Cc1cnc(NC(=O)C(=O)N2CCC[C@@H](n3cccn3)C2)s1. The van der Waals surface area contributed by atoms with E-state index >= 15 is 0 Å². The molecule has 7 nitrogen and oxygen atoms in total. The van der Waals surface area contributed by atoms with Gasteiger partial charge in [-0.05, 0) is 25.8 Å². The van der Waals surface area contributed by atoms with Gasteiger partial charge in [-0.15, -0.1) is 11.3 Å². The summed E-state index contributed by atoms with van der Waals surface area (Å²) in [4.78, 5) is 31.0. The van der Waals surface area contributed by atoms with Crippen molar-refractivity contribution in [2.45, 2.75) is 25.8 Å². The zero-order valence-electron chi connectivity index (χ0n) is 12.2. The fourth-order valence-electron chi connectivity index (χ4n) is 2.56. The molecule has 1 N–H and O–H groups in total. The Kier molecular flexibility index (Phi) is 4.19. The Hall–Kier alpha value is -2.22.